The quantitative estimate of drug-likeness (QED) is 0.586. The second-order valence-electron chi connectivity index (χ2n) is 7.38. The fraction of sp³-hybridized carbons (Fsp3) is 0.318. The number of nitrogens with one attached hydrogen (secondary N) is 3. The first kappa shape index (κ1) is 18.0. The molecule has 1 fully saturated rings. The second kappa shape index (κ2) is 8.11. The number of anilines is 1. The zero-order chi connectivity index (χ0) is 18.6. The fourth-order valence-corrected chi connectivity index (χ4v) is 4.02. The Morgan fingerprint density at radius 1 is 1.15 bits per heavy atom. The van der Waals surface area contributed by atoms with E-state index in [1.807, 2.05) is 18.2 Å². The van der Waals surface area contributed by atoms with Crippen molar-refractivity contribution in [2.75, 3.05) is 25.5 Å². The third-order valence-corrected chi connectivity index (χ3v) is 5.67. The van der Waals surface area contributed by atoms with Crippen LogP contribution in [0.15, 0.2) is 54.7 Å². The van der Waals surface area contributed by atoms with Crippen LogP contribution in [-0.4, -0.2) is 35.1 Å². The zero-order valence-electron chi connectivity index (χ0n) is 15.7. The van der Waals surface area contributed by atoms with Crippen LogP contribution in [0, 0.1) is 0 Å². The van der Waals surface area contributed by atoms with E-state index < -0.39 is 0 Å². The lowest BCUT2D eigenvalue weighted by atomic mass is 9.89. The predicted octanol–water partition coefficient (Wildman–Crippen LogP) is 4.46. The topological polar surface area (TPSA) is 43.1 Å². The summed E-state index contributed by atoms with van der Waals surface area (Å²) >= 11 is 5.47. The Morgan fingerprint density at radius 3 is 2.70 bits per heavy atom. The summed E-state index contributed by atoms with van der Waals surface area (Å²) in [5.74, 6) is 0.633. The molecular weight excluding hydrogens is 352 g/mol. The molecule has 5 heteroatoms. The van der Waals surface area contributed by atoms with Gasteiger partial charge in [0.1, 0.15) is 0 Å². The van der Waals surface area contributed by atoms with Crippen molar-refractivity contribution in [3.05, 3.63) is 65.9 Å². The molecule has 0 bridgehead atoms. The first-order chi connectivity index (χ1) is 13.2. The lowest BCUT2D eigenvalue weighted by Gasteiger charge is -2.28. The average Bonchev–Trinajstić information content (AvgIpc) is 3.11. The third-order valence-electron chi connectivity index (χ3n) is 5.43. The molecule has 27 heavy (non-hydrogen) atoms. The van der Waals surface area contributed by atoms with Gasteiger partial charge in [-0.3, -0.25) is 0 Å². The van der Waals surface area contributed by atoms with Crippen LogP contribution in [0.1, 0.15) is 29.9 Å². The number of aromatic nitrogens is 1. The number of nitrogens with zero attached hydrogens (tertiary/aromatic N) is 1. The van der Waals surface area contributed by atoms with Crippen molar-refractivity contribution in [3.63, 3.8) is 0 Å². The van der Waals surface area contributed by atoms with E-state index in [-0.39, 0.29) is 0 Å². The van der Waals surface area contributed by atoms with E-state index in [4.69, 9.17) is 12.2 Å². The Hall–Kier alpha value is -2.37. The highest BCUT2D eigenvalue weighted by Gasteiger charge is 2.21. The summed E-state index contributed by atoms with van der Waals surface area (Å²) < 4.78 is 0. The lowest BCUT2D eigenvalue weighted by Crippen LogP contribution is -2.29. The Bertz CT molecular complexity index is 910. The monoisotopic (exact) mass is 378 g/mol. The predicted molar refractivity (Wildman–Crippen MR) is 117 cm³/mol. The smallest absolute Gasteiger partial charge is 0.171 e. The number of likely N-dealkylation sites (tertiary alicyclic amines) is 1. The van der Waals surface area contributed by atoms with Gasteiger partial charge < -0.3 is 20.5 Å². The lowest BCUT2D eigenvalue weighted by molar-refractivity contribution is 0.256. The van der Waals surface area contributed by atoms with E-state index >= 15 is 0 Å². The Balaban J connectivity index is 1.44. The first-order valence-electron chi connectivity index (χ1n) is 9.57. The molecular formula is C22H26N4S. The third kappa shape index (κ3) is 4.31. The highest BCUT2D eigenvalue weighted by atomic mass is 32.1. The summed E-state index contributed by atoms with van der Waals surface area (Å²) in [5.41, 5.74) is 4.87. The minimum Gasteiger partial charge on any atom is -0.361 e. The van der Waals surface area contributed by atoms with Gasteiger partial charge in [0.05, 0.1) is 0 Å². The molecule has 0 saturated carbocycles. The van der Waals surface area contributed by atoms with Crippen molar-refractivity contribution in [1.82, 2.24) is 15.2 Å². The van der Waals surface area contributed by atoms with Crippen molar-refractivity contribution >= 4 is 33.9 Å². The molecule has 1 aliphatic heterocycles. The summed E-state index contributed by atoms with van der Waals surface area (Å²) in [6, 6.07) is 16.7. The molecule has 0 atom stereocenters. The Kier molecular flexibility index (Phi) is 5.41. The van der Waals surface area contributed by atoms with E-state index in [1.165, 1.54) is 48.0 Å². The summed E-state index contributed by atoms with van der Waals surface area (Å²) in [4.78, 5) is 5.85. The van der Waals surface area contributed by atoms with Crippen LogP contribution in [0.5, 0.6) is 0 Å². The molecule has 0 unspecified atom stereocenters. The Labute approximate surface area is 166 Å². The number of fused-ring (bicyclic) bond motifs is 1. The van der Waals surface area contributed by atoms with Gasteiger partial charge >= 0.3 is 0 Å². The van der Waals surface area contributed by atoms with Crippen LogP contribution in [0.25, 0.3) is 10.9 Å². The number of aromatic amines is 1. The fourth-order valence-electron chi connectivity index (χ4n) is 3.83. The number of H-pyrrole nitrogens is 1. The maximum atomic E-state index is 5.47. The molecule has 2 heterocycles. The molecule has 0 amide bonds. The number of hydrogen-bond donors (Lipinski definition) is 3. The number of piperidine rings is 1. The van der Waals surface area contributed by atoms with Crippen molar-refractivity contribution in [3.8, 4) is 0 Å². The summed E-state index contributed by atoms with van der Waals surface area (Å²) in [5, 5.41) is 8.56. The van der Waals surface area contributed by atoms with Crippen LogP contribution in [0.3, 0.4) is 0 Å². The molecule has 4 rings (SSSR count). The maximum Gasteiger partial charge on any atom is 0.171 e. The van der Waals surface area contributed by atoms with Crippen LogP contribution < -0.4 is 10.6 Å². The number of benzene rings is 2. The number of hydrogen-bond acceptors (Lipinski definition) is 2. The molecule has 4 nitrogen and oxygen atoms in total. The normalized spacial score (nSPS) is 15.7. The van der Waals surface area contributed by atoms with Gasteiger partial charge in [0, 0.05) is 29.3 Å². The van der Waals surface area contributed by atoms with Gasteiger partial charge in [0.25, 0.3) is 0 Å². The maximum absolute atomic E-state index is 5.47. The minimum absolute atomic E-state index is 0.633. The molecule has 0 aliphatic carbocycles. The van der Waals surface area contributed by atoms with Crippen molar-refractivity contribution < 1.29 is 0 Å². The van der Waals surface area contributed by atoms with Crippen LogP contribution in [0.4, 0.5) is 5.69 Å². The highest BCUT2D eigenvalue weighted by Crippen LogP contribution is 2.34. The molecule has 0 radical (unpaired) electrons. The molecule has 3 aromatic rings. The summed E-state index contributed by atoms with van der Waals surface area (Å²) in [7, 11) is 2.21. The number of rotatable bonds is 4. The van der Waals surface area contributed by atoms with E-state index in [0.29, 0.717) is 11.0 Å². The molecule has 2 aromatic carbocycles. The highest BCUT2D eigenvalue weighted by molar-refractivity contribution is 7.80. The van der Waals surface area contributed by atoms with Gasteiger partial charge in [-0.1, -0.05) is 30.3 Å². The molecule has 0 spiro atoms. The van der Waals surface area contributed by atoms with Crippen LogP contribution in [0.2, 0.25) is 0 Å². The SMILES string of the molecule is CN1CCC(c2c[nH]c3ccc(NC(=S)NCc4ccccc4)cc23)CC1. The van der Waals surface area contributed by atoms with Crippen molar-refractivity contribution in [2.24, 2.45) is 0 Å². The van der Waals surface area contributed by atoms with Gasteiger partial charge in [-0.05, 0) is 80.4 Å². The first-order valence-corrected chi connectivity index (χ1v) is 9.98. The van der Waals surface area contributed by atoms with Gasteiger partial charge in [-0.25, -0.2) is 0 Å². The standard InChI is InChI=1S/C22H26N4S/c1-26-11-9-17(10-12-26)20-15-23-21-8-7-18(13-19(20)21)25-22(27)24-14-16-5-3-2-4-6-16/h2-8,13,15,17,23H,9-12,14H2,1H3,(H2,24,25,27). The van der Waals surface area contributed by atoms with E-state index in [2.05, 4.69) is 64.1 Å². The van der Waals surface area contributed by atoms with Crippen LogP contribution in [-0.2, 0) is 6.54 Å². The van der Waals surface area contributed by atoms with Gasteiger partial charge in [0.15, 0.2) is 5.11 Å². The molecule has 1 aromatic heterocycles. The van der Waals surface area contributed by atoms with E-state index in [0.717, 1.165) is 12.2 Å². The molecule has 1 aliphatic rings. The van der Waals surface area contributed by atoms with Crippen molar-refractivity contribution in [1.29, 1.82) is 0 Å². The van der Waals surface area contributed by atoms with Gasteiger partial charge in [0.2, 0.25) is 0 Å². The number of thiocarbonyl (C=S) groups is 1. The largest absolute Gasteiger partial charge is 0.361 e. The summed E-state index contributed by atoms with van der Waals surface area (Å²) in [6.07, 6.45) is 4.63. The summed E-state index contributed by atoms with van der Waals surface area (Å²) in [6.45, 7) is 3.06. The van der Waals surface area contributed by atoms with Crippen LogP contribution >= 0.6 is 12.2 Å². The average molecular weight is 379 g/mol. The van der Waals surface area contributed by atoms with Gasteiger partial charge in [-0.2, -0.15) is 0 Å². The van der Waals surface area contributed by atoms with Gasteiger partial charge in [-0.15, -0.1) is 0 Å². The Morgan fingerprint density at radius 2 is 1.93 bits per heavy atom. The molecule has 1 saturated heterocycles. The molecule has 140 valence electrons. The zero-order valence-corrected chi connectivity index (χ0v) is 16.5. The van der Waals surface area contributed by atoms with E-state index in [1.54, 1.807) is 0 Å². The van der Waals surface area contributed by atoms with E-state index in [9.17, 15) is 0 Å². The molecule has 3 N–H and O–H groups in total. The second-order valence-corrected chi connectivity index (χ2v) is 7.78. The van der Waals surface area contributed by atoms with Crippen molar-refractivity contribution in [2.45, 2.75) is 25.3 Å². The minimum atomic E-state index is 0.633.